The van der Waals surface area contributed by atoms with Gasteiger partial charge >= 0.3 is 0 Å². The Morgan fingerprint density at radius 1 is 1.11 bits per heavy atom. The summed E-state index contributed by atoms with van der Waals surface area (Å²) in [6, 6.07) is 9.74. The Morgan fingerprint density at radius 2 is 1.89 bits per heavy atom. The van der Waals surface area contributed by atoms with Crippen molar-refractivity contribution < 1.29 is 18.7 Å². The highest BCUT2D eigenvalue weighted by atomic mass is 19.1. The van der Waals surface area contributed by atoms with E-state index in [0.29, 0.717) is 29.0 Å². The number of carbonyl (C=O) groups is 1. The summed E-state index contributed by atoms with van der Waals surface area (Å²) in [5.41, 5.74) is 7.73. The number of amides is 1. The van der Waals surface area contributed by atoms with Crippen molar-refractivity contribution in [2.75, 3.05) is 11.1 Å². The monoisotopic (exact) mass is 500 g/mol. The van der Waals surface area contributed by atoms with E-state index in [-0.39, 0.29) is 28.8 Å². The van der Waals surface area contributed by atoms with E-state index >= 15 is 0 Å². The second-order valence-electron chi connectivity index (χ2n) is 8.81. The van der Waals surface area contributed by atoms with Crippen LogP contribution in [0.15, 0.2) is 55.0 Å². The van der Waals surface area contributed by atoms with Crippen LogP contribution in [0.5, 0.6) is 5.75 Å². The molecule has 0 fully saturated rings. The average molecular weight is 500 g/mol. The SMILES string of the molecule is C[C@@]1(c2ccc(O)c(F)c2)C(=O)Nc2nc(-c3cn4ncnc4c(Cc4ccc(F)cc4)n3)nc(N)c21. The molecule has 1 aliphatic heterocycles. The zero-order chi connectivity index (χ0) is 25.9. The predicted octanol–water partition coefficient (Wildman–Crippen LogP) is 3.00. The van der Waals surface area contributed by atoms with Gasteiger partial charge in [-0.05, 0) is 42.3 Å². The summed E-state index contributed by atoms with van der Waals surface area (Å²) < 4.78 is 29.0. The van der Waals surface area contributed by atoms with Crippen LogP contribution in [0.2, 0.25) is 0 Å². The zero-order valence-corrected chi connectivity index (χ0v) is 19.3. The number of anilines is 2. The number of aromatic hydroxyl groups is 1. The molecule has 0 aliphatic carbocycles. The number of nitrogens with zero attached hydrogens (tertiary/aromatic N) is 6. The molecule has 10 nitrogen and oxygen atoms in total. The van der Waals surface area contributed by atoms with Gasteiger partial charge in [0, 0.05) is 6.42 Å². The molecule has 37 heavy (non-hydrogen) atoms. The van der Waals surface area contributed by atoms with Gasteiger partial charge in [0.15, 0.2) is 23.0 Å². The average Bonchev–Trinajstić information content (AvgIpc) is 3.45. The second-order valence-corrected chi connectivity index (χ2v) is 8.81. The number of hydrogen-bond donors (Lipinski definition) is 3. The summed E-state index contributed by atoms with van der Waals surface area (Å²) in [4.78, 5) is 31.0. The Bertz CT molecular complexity index is 1720. The molecule has 6 rings (SSSR count). The van der Waals surface area contributed by atoms with Crippen LogP contribution in [0.25, 0.3) is 17.2 Å². The molecule has 1 amide bonds. The maximum atomic E-state index is 14.1. The minimum absolute atomic E-state index is 0.00917. The van der Waals surface area contributed by atoms with Crippen molar-refractivity contribution in [2.45, 2.75) is 18.8 Å². The molecule has 4 heterocycles. The van der Waals surface area contributed by atoms with Gasteiger partial charge in [-0.25, -0.2) is 33.2 Å². The number of benzene rings is 2. The van der Waals surface area contributed by atoms with E-state index in [9.17, 15) is 18.7 Å². The summed E-state index contributed by atoms with van der Waals surface area (Å²) in [5.74, 6) is -1.90. The van der Waals surface area contributed by atoms with Crippen molar-refractivity contribution >= 4 is 23.2 Å². The van der Waals surface area contributed by atoms with Gasteiger partial charge in [-0.1, -0.05) is 18.2 Å². The maximum absolute atomic E-state index is 14.1. The van der Waals surface area contributed by atoms with E-state index in [2.05, 4.69) is 30.4 Å². The lowest BCUT2D eigenvalue weighted by atomic mass is 9.77. The number of phenolic OH excluding ortho intramolecular Hbond substituents is 1. The standard InChI is InChI=1S/C25H18F2N8O2/c1-25(13-4-7-18(36)15(27)9-13)19-20(28)32-21(33-22(19)34-24(25)37)17-10-35-23(29-11-30-35)16(31-17)8-12-2-5-14(26)6-3-12/h2-7,9-11,36H,8H2,1H3,(H3,28,32,33,34,37)/t25-/m0/s1. The van der Waals surface area contributed by atoms with Gasteiger partial charge < -0.3 is 16.2 Å². The van der Waals surface area contributed by atoms with Crippen LogP contribution in [0.3, 0.4) is 0 Å². The summed E-state index contributed by atoms with van der Waals surface area (Å²) in [7, 11) is 0. The molecule has 4 N–H and O–H groups in total. The Morgan fingerprint density at radius 3 is 2.65 bits per heavy atom. The highest BCUT2D eigenvalue weighted by molar-refractivity contribution is 6.09. The minimum atomic E-state index is -1.39. The lowest BCUT2D eigenvalue weighted by Crippen LogP contribution is -2.33. The highest BCUT2D eigenvalue weighted by Crippen LogP contribution is 2.45. The van der Waals surface area contributed by atoms with E-state index < -0.39 is 22.9 Å². The number of aromatic nitrogens is 6. The van der Waals surface area contributed by atoms with E-state index in [0.717, 1.165) is 11.6 Å². The maximum Gasteiger partial charge on any atom is 0.240 e. The third-order valence-electron chi connectivity index (χ3n) is 6.49. The van der Waals surface area contributed by atoms with Crippen molar-refractivity contribution in [1.82, 2.24) is 29.5 Å². The summed E-state index contributed by atoms with van der Waals surface area (Å²) in [6.45, 7) is 1.58. The fourth-order valence-corrected chi connectivity index (χ4v) is 4.53. The molecular weight excluding hydrogens is 482 g/mol. The molecule has 2 aromatic carbocycles. The van der Waals surface area contributed by atoms with Crippen molar-refractivity contribution in [3.63, 3.8) is 0 Å². The van der Waals surface area contributed by atoms with Crippen molar-refractivity contribution in [3.8, 4) is 17.3 Å². The van der Waals surface area contributed by atoms with Crippen molar-refractivity contribution in [2.24, 2.45) is 0 Å². The van der Waals surface area contributed by atoms with Gasteiger partial charge in [-0.3, -0.25) is 4.79 Å². The highest BCUT2D eigenvalue weighted by Gasteiger charge is 2.48. The molecule has 1 atom stereocenters. The van der Waals surface area contributed by atoms with E-state index in [4.69, 9.17) is 5.73 Å². The summed E-state index contributed by atoms with van der Waals surface area (Å²) in [6.07, 6.45) is 3.32. The molecule has 5 aromatic rings. The van der Waals surface area contributed by atoms with Crippen LogP contribution >= 0.6 is 0 Å². The summed E-state index contributed by atoms with van der Waals surface area (Å²) in [5, 5.41) is 16.5. The molecule has 0 unspecified atom stereocenters. The number of fused-ring (bicyclic) bond motifs is 2. The fraction of sp³-hybridized carbons (Fsp3) is 0.120. The molecule has 184 valence electrons. The number of nitrogen functional groups attached to an aromatic ring is 1. The number of rotatable bonds is 4. The third-order valence-corrected chi connectivity index (χ3v) is 6.49. The Kier molecular flexibility index (Phi) is 4.87. The van der Waals surface area contributed by atoms with Crippen LogP contribution in [0, 0.1) is 11.6 Å². The first-order chi connectivity index (χ1) is 17.7. The first-order valence-corrected chi connectivity index (χ1v) is 11.2. The lowest BCUT2D eigenvalue weighted by molar-refractivity contribution is -0.119. The van der Waals surface area contributed by atoms with E-state index in [1.807, 2.05) is 0 Å². The smallest absolute Gasteiger partial charge is 0.240 e. The first-order valence-electron chi connectivity index (χ1n) is 11.2. The largest absolute Gasteiger partial charge is 0.505 e. The van der Waals surface area contributed by atoms with Gasteiger partial charge in [0.1, 0.15) is 34.9 Å². The molecule has 0 saturated carbocycles. The molecule has 1 aliphatic rings. The number of carbonyl (C=O) groups excluding carboxylic acids is 1. The number of nitrogens with one attached hydrogen (secondary N) is 1. The van der Waals surface area contributed by atoms with Gasteiger partial charge in [0.2, 0.25) is 5.91 Å². The molecule has 3 aromatic heterocycles. The summed E-state index contributed by atoms with van der Waals surface area (Å²) >= 11 is 0. The van der Waals surface area contributed by atoms with Gasteiger partial charge in [0.25, 0.3) is 0 Å². The van der Waals surface area contributed by atoms with Gasteiger partial charge in [-0.15, -0.1) is 0 Å². The molecule has 0 radical (unpaired) electrons. The second kappa shape index (κ2) is 8.01. The van der Waals surface area contributed by atoms with Crippen LogP contribution in [-0.2, 0) is 16.6 Å². The predicted molar refractivity (Wildman–Crippen MR) is 129 cm³/mol. The van der Waals surface area contributed by atoms with Gasteiger partial charge in [0.05, 0.1) is 17.5 Å². The van der Waals surface area contributed by atoms with E-state index in [1.54, 1.807) is 25.3 Å². The first kappa shape index (κ1) is 22.5. The Hall–Kier alpha value is -5.00. The van der Waals surface area contributed by atoms with Crippen LogP contribution < -0.4 is 11.1 Å². The topological polar surface area (TPSA) is 144 Å². The van der Waals surface area contributed by atoms with Crippen LogP contribution in [-0.4, -0.2) is 40.6 Å². The van der Waals surface area contributed by atoms with Crippen molar-refractivity contribution in [1.29, 1.82) is 0 Å². The molecule has 0 bridgehead atoms. The fourth-order valence-electron chi connectivity index (χ4n) is 4.53. The molecule has 0 spiro atoms. The number of hydrogen-bond acceptors (Lipinski definition) is 8. The minimum Gasteiger partial charge on any atom is -0.505 e. The Balaban J connectivity index is 1.45. The normalized spacial score (nSPS) is 16.7. The third kappa shape index (κ3) is 3.53. The van der Waals surface area contributed by atoms with Crippen molar-refractivity contribution in [3.05, 3.63) is 89.0 Å². The number of phenols is 1. The molecule has 0 saturated heterocycles. The quantitative estimate of drug-likeness (QED) is 0.342. The number of halogens is 2. The van der Waals surface area contributed by atoms with Gasteiger partial charge in [-0.2, -0.15) is 5.10 Å². The molecular formula is C25H18F2N8O2. The zero-order valence-electron chi connectivity index (χ0n) is 19.3. The Labute approximate surface area is 207 Å². The van der Waals surface area contributed by atoms with Crippen LogP contribution in [0.1, 0.15) is 29.3 Å². The molecule has 12 heteroatoms. The van der Waals surface area contributed by atoms with E-state index in [1.165, 1.54) is 35.1 Å². The lowest BCUT2D eigenvalue weighted by Gasteiger charge is -2.23. The van der Waals surface area contributed by atoms with Crippen LogP contribution in [0.4, 0.5) is 20.4 Å². The number of nitrogens with two attached hydrogens (primary N) is 1.